The van der Waals surface area contributed by atoms with Crippen LogP contribution in [0.3, 0.4) is 0 Å². The fraction of sp³-hybridized carbons (Fsp3) is 0.364. The predicted octanol–water partition coefficient (Wildman–Crippen LogP) is 3.87. The average molecular weight is 477 g/mol. The SMILES string of the molecule is Cc1oc(-c2cccs2)nc1COC(=O)c1ccc(S(=O)(=O)N2C[C@@H](C)O[C@@H](C)C2)cc1. The van der Waals surface area contributed by atoms with Crippen molar-refractivity contribution in [3.63, 3.8) is 0 Å². The van der Waals surface area contributed by atoms with Crippen LogP contribution in [-0.2, 0) is 26.1 Å². The molecule has 0 spiro atoms. The second-order valence-corrected chi connectivity index (χ2v) is 10.6. The van der Waals surface area contributed by atoms with Gasteiger partial charge in [-0.15, -0.1) is 11.3 Å². The van der Waals surface area contributed by atoms with Gasteiger partial charge in [-0.05, 0) is 56.5 Å². The molecule has 1 aliphatic heterocycles. The molecule has 0 radical (unpaired) electrons. The van der Waals surface area contributed by atoms with E-state index in [2.05, 4.69) is 4.98 Å². The number of carbonyl (C=O) groups is 1. The van der Waals surface area contributed by atoms with E-state index >= 15 is 0 Å². The number of carbonyl (C=O) groups excluding carboxylic acids is 1. The number of morpholine rings is 1. The lowest BCUT2D eigenvalue weighted by Gasteiger charge is -2.34. The van der Waals surface area contributed by atoms with Crippen LogP contribution in [0.1, 0.15) is 35.7 Å². The number of sulfonamides is 1. The molecule has 0 unspecified atom stereocenters. The second-order valence-electron chi connectivity index (χ2n) is 7.68. The number of thiophene rings is 1. The number of esters is 1. The molecule has 1 aliphatic rings. The summed E-state index contributed by atoms with van der Waals surface area (Å²) in [5.41, 5.74) is 0.795. The van der Waals surface area contributed by atoms with Crippen LogP contribution in [0.2, 0.25) is 0 Å². The number of aryl methyl sites for hydroxylation is 1. The number of benzene rings is 1. The Bertz CT molecular complexity index is 1180. The van der Waals surface area contributed by atoms with E-state index in [1.807, 2.05) is 31.4 Å². The summed E-state index contributed by atoms with van der Waals surface area (Å²) in [5.74, 6) is 0.504. The van der Waals surface area contributed by atoms with Crippen LogP contribution in [0.15, 0.2) is 51.1 Å². The van der Waals surface area contributed by atoms with Crippen LogP contribution in [-0.4, -0.2) is 49.0 Å². The normalized spacial score (nSPS) is 19.7. The number of hydrogen-bond acceptors (Lipinski definition) is 8. The molecule has 0 N–H and O–H groups in total. The maximum atomic E-state index is 12.9. The van der Waals surface area contributed by atoms with Crippen molar-refractivity contribution in [2.24, 2.45) is 0 Å². The van der Waals surface area contributed by atoms with Gasteiger partial charge in [0, 0.05) is 13.1 Å². The largest absolute Gasteiger partial charge is 0.455 e. The Morgan fingerprint density at radius 1 is 1.19 bits per heavy atom. The first-order chi connectivity index (χ1) is 15.2. The van der Waals surface area contributed by atoms with Crippen LogP contribution in [0, 0.1) is 6.92 Å². The van der Waals surface area contributed by atoms with Crippen molar-refractivity contribution < 1.29 is 27.1 Å². The summed E-state index contributed by atoms with van der Waals surface area (Å²) in [6.45, 7) is 6.00. The molecule has 0 aliphatic carbocycles. The Morgan fingerprint density at radius 2 is 1.88 bits per heavy atom. The average Bonchev–Trinajstić information content (AvgIpc) is 3.41. The Labute approximate surface area is 190 Å². The monoisotopic (exact) mass is 476 g/mol. The van der Waals surface area contributed by atoms with Gasteiger partial charge in [0.15, 0.2) is 0 Å². The maximum Gasteiger partial charge on any atom is 0.338 e. The molecule has 2 atom stereocenters. The van der Waals surface area contributed by atoms with Crippen LogP contribution < -0.4 is 0 Å². The number of aromatic nitrogens is 1. The van der Waals surface area contributed by atoms with Gasteiger partial charge in [0.1, 0.15) is 18.1 Å². The van der Waals surface area contributed by atoms with Crippen LogP contribution in [0.4, 0.5) is 0 Å². The third-order valence-corrected chi connectivity index (χ3v) is 7.78. The smallest absolute Gasteiger partial charge is 0.338 e. The molecule has 1 aromatic carbocycles. The summed E-state index contributed by atoms with van der Waals surface area (Å²) in [6.07, 6.45) is -0.355. The van der Waals surface area contributed by atoms with Gasteiger partial charge in [0.2, 0.25) is 15.9 Å². The molecule has 0 amide bonds. The first-order valence-corrected chi connectivity index (χ1v) is 12.5. The van der Waals surface area contributed by atoms with Crippen molar-refractivity contribution in [1.82, 2.24) is 9.29 Å². The molecule has 8 nitrogen and oxygen atoms in total. The Balaban J connectivity index is 1.41. The number of oxazole rings is 1. The van der Waals surface area contributed by atoms with Gasteiger partial charge < -0.3 is 13.9 Å². The van der Waals surface area contributed by atoms with Gasteiger partial charge in [-0.25, -0.2) is 18.2 Å². The Kier molecular flexibility index (Phi) is 6.47. The van der Waals surface area contributed by atoms with E-state index in [4.69, 9.17) is 13.9 Å². The highest BCUT2D eigenvalue weighted by atomic mass is 32.2. The lowest BCUT2D eigenvalue weighted by atomic mass is 10.2. The molecule has 2 aromatic heterocycles. The Morgan fingerprint density at radius 3 is 2.50 bits per heavy atom. The minimum Gasteiger partial charge on any atom is -0.455 e. The third kappa shape index (κ3) is 4.78. The summed E-state index contributed by atoms with van der Waals surface area (Å²) in [4.78, 5) is 17.9. The first kappa shape index (κ1) is 22.7. The zero-order valence-electron chi connectivity index (χ0n) is 18.0. The van der Waals surface area contributed by atoms with Crippen molar-refractivity contribution in [2.75, 3.05) is 13.1 Å². The van der Waals surface area contributed by atoms with Crippen molar-refractivity contribution in [3.8, 4) is 10.8 Å². The van der Waals surface area contributed by atoms with E-state index < -0.39 is 16.0 Å². The number of ether oxygens (including phenoxy) is 2. The lowest BCUT2D eigenvalue weighted by Crippen LogP contribution is -2.48. The van der Waals surface area contributed by atoms with Gasteiger partial charge >= 0.3 is 5.97 Å². The zero-order chi connectivity index (χ0) is 22.9. The minimum absolute atomic E-state index is 0.0385. The topological polar surface area (TPSA) is 98.9 Å². The van der Waals surface area contributed by atoms with Crippen molar-refractivity contribution in [2.45, 2.75) is 44.5 Å². The van der Waals surface area contributed by atoms with E-state index in [0.717, 1.165) is 4.88 Å². The summed E-state index contributed by atoms with van der Waals surface area (Å²) < 4.78 is 43.9. The third-order valence-electron chi connectivity index (χ3n) is 5.08. The van der Waals surface area contributed by atoms with Gasteiger partial charge in [-0.2, -0.15) is 4.31 Å². The second kappa shape index (κ2) is 9.14. The van der Waals surface area contributed by atoms with E-state index in [-0.39, 0.29) is 29.3 Å². The highest BCUT2D eigenvalue weighted by molar-refractivity contribution is 7.89. The van der Waals surface area contributed by atoms with Gasteiger partial charge in [-0.3, -0.25) is 0 Å². The fourth-order valence-corrected chi connectivity index (χ4v) is 5.76. The molecule has 3 heterocycles. The van der Waals surface area contributed by atoms with Gasteiger partial charge in [0.25, 0.3) is 0 Å². The molecule has 1 saturated heterocycles. The van der Waals surface area contributed by atoms with Crippen molar-refractivity contribution in [3.05, 3.63) is 58.8 Å². The molecule has 3 aromatic rings. The lowest BCUT2D eigenvalue weighted by molar-refractivity contribution is -0.0440. The molecular weight excluding hydrogens is 452 g/mol. The molecule has 4 rings (SSSR count). The number of nitrogens with zero attached hydrogens (tertiary/aromatic N) is 2. The predicted molar refractivity (Wildman–Crippen MR) is 119 cm³/mol. The van der Waals surface area contributed by atoms with Crippen LogP contribution in [0.5, 0.6) is 0 Å². The van der Waals surface area contributed by atoms with E-state index in [0.29, 0.717) is 30.4 Å². The van der Waals surface area contributed by atoms with Crippen molar-refractivity contribution in [1.29, 1.82) is 0 Å². The minimum atomic E-state index is -3.67. The Hall–Kier alpha value is -2.53. The summed E-state index contributed by atoms with van der Waals surface area (Å²) >= 11 is 1.51. The highest BCUT2D eigenvalue weighted by Crippen LogP contribution is 2.26. The summed E-state index contributed by atoms with van der Waals surface area (Å²) in [6, 6.07) is 9.56. The first-order valence-electron chi connectivity index (χ1n) is 10.2. The molecule has 170 valence electrons. The van der Waals surface area contributed by atoms with Crippen LogP contribution >= 0.6 is 11.3 Å². The zero-order valence-corrected chi connectivity index (χ0v) is 19.6. The van der Waals surface area contributed by atoms with Gasteiger partial charge in [-0.1, -0.05) is 6.07 Å². The number of rotatable bonds is 6. The van der Waals surface area contributed by atoms with Crippen molar-refractivity contribution >= 4 is 27.3 Å². The van der Waals surface area contributed by atoms with E-state index in [1.165, 1.54) is 39.9 Å². The quantitative estimate of drug-likeness (QED) is 0.498. The molecule has 1 fully saturated rings. The fourth-order valence-electron chi connectivity index (χ4n) is 3.52. The summed E-state index contributed by atoms with van der Waals surface area (Å²) in [5, 5.41) is 1.93. The summed E-state index contributed by atoms with van der Waals surface area (Å²) in [7, 11) is -3.67. The molecule has 10 heteroatoms. The molecule has 0 bridgehead atoms. The van der Waals surface area contributed by atoms with Gasteiger partial charge in [0.05, 0.1) is 27.5 Å². The standard InChI is InChI=1S/C22H24N2O6S2/c1-14-11-24(12-15(2)29-14)32(26,27)18-8-6-17(7-9-18)22(25)28-13-19-16(3)30-21(23-19)20-5-4-10-31-20/h4-10,14-15H,11-13H2,1-3H3/t14-,15+. The molecule has 0 saturated carbocycles. The number of hydrogen-bond donors (Lipinski definition) is 0. The van der Waals surface area contributed by atoms with Crippen LogP contribution in [0.25, 0.3) is 10.8 Å². The van der Waals surface area contributed by atoms with E-state index in [9.17, 15) is 13.2 Å². The maximum absolute atomic E-state index is 12.9. The van der Waals surface area contributed by atoms with E-state index in [1.54, 1.807) is 6.92 Å². The highest BCUT2D eigenvalue weighted by Gasteiger charge is 2.32. The molecule has 32 heavy (non-hydrogen) atoms. The molecular formula is C22H24N2O6S2.